The molecule has 4 nitrogen and oxygen atoms in total. The van der Waals surface area contributed by atoms with Crippen molar-refractivity contribution in [2.45, 2.75) is 25.2 Å². The van der Waals surface area contributed by atoms with Gasteiger partial charge in [-0.2, -0.15) is 4.73 Å². The lowest BCUT2D eigenvalue weighted by Gasteiger charge is -2.20. The van der Waals surface area contributed by atoms with E-state index in [1.54, 1.807) is 17.0 Å². The second kappa shape index (κ2) is 6.77. The summed E-state index contributed by atoms with van der Waals surface area (Å²) in [5, 5.41) is 11.3. The van der Waals surface area contributed by atoms with Crippen LogP contribution >= 0.6 is 0 Å². The molecule has 3 rings (SSSR count). The Balaban J connectivity index is 1.68. The maximum absolute atomic E-state index is 13.0. The van der Waals surface area contributed by atoms with E-state index in [1.165, 1.54) is 24.5 Å². The van der Waals surface area contributed by atoms with Gasteiger partial charge in [-0.05, 0) is 48.9 Å². The van der Waals surface area contributed by atoms with Gasteiger partial charge >= 0.3 is 0 Å². The lowest BCUT2D eigenvalue weighted by atomic mass is 9.92. The van der Waals surface area contributed by atoms with Crippen LogP contribution in [0.15, 0.2) is 48.8 Å². The fraction of sp³-hybridized carbons (Fsp3) is 0.333. The maximum atomic E-state index is 13.0. The molecule has 2 aromatic rings. The minimum Gasteiger partial charge on any atom is -0.619 e. The molecule has 1 saturated heterocycles. The number of pyridine rings is 1. The molecule has 1 aliphatic heterocycles. The summed E-state index contributed by atoms with van der Waals surface area (Å²) in [4.78, 5) is 14.3. The van der Waals surface area contributed by atoms with Crippen LogP contribution in [0, 0.1) is 11.0 Å². The second-order valence-electron chi connectivity index (χ2n) is 5.92. The van der Waals surface area contributed by atoms with Crippen LogP contribution in [0.2, 0.25) is 0 Å². The molecule has 2 heterocycles. The second-order valence-corrected chi connectivity index (χ2v) is 5.92. The van der Waals surface area contributed by atoms with E-state index in [1.807, 2.05) is 12.1 Å². The number of rotatable bonds is 2. The summed E-state index contributed by atoms with van der Waals surface area (Å²) in [6.45, 7) is 1.33. The van der Waals surface area contributed by atoms with E-state index in [0.29, 0.717) is 29.3 Å². The molecule has 0 aliphatic carbocycles. The van der Waals surface area contributed by atoms with Gasteiger partial charge in [0.15, 0.2) is 12.4 Å². The van der Waals surface area contributed by atoms with Crippen LogP contribution in [-0.4, -0.2) is 23.9 Å². The normalized spacial score (nSPS) is 18.5. The molecular formula is C18H19FN2O2. The molecular weight excluding hydrogens is 295 g/mol. The molecule has 1 atom stereocenters. The van der Waals surface area contributed by atoms with E-state index in [0.717, 1.165) is 24.8 Å². The van der Waals surface area contributed by atoms with E-state index in [9.17, 15) is 14.4 Å². The van der Waals surface area contributed by atoms with E-state index in [2.05, 4.69) is 0 Å². The average Bonchev–Trinajstić information content (AvgIpc) is 2.81. The van der Waals surface area contributed by atoms with Gasteiger partial charge < -0.3 is 10.1 Å². The number of amides is 1. The monoisotopic (exact) mass is 314 g/mol. The molecule has 0 radical (unpaired) electrons. The number of benzene rings is 1. The molecule has 1 unspecified atom stereocenters. The summed E-state index contributed by atoms with van der Waals surface area (Å²) in [6.07, 6.45) is 5.40. The summed E-state index contributed by atoms with van der Waals surface area (Å²) in [5.74, 6) is 0.0118. The van der Waals surface area contributed by atoms with Gasteiger partial charge in [0.1, 0.15) is 11.4 Å². The molecule has 1 aliphatic rings. The van der Waals surface area contributed by atoms with Crippen LogP contribution < -0.4 is 4.73 Å². The number of aromatic nitrogens is 1. The number of likely N-dealkylation sites (tertiary alicyclic amines) is 1. The predicted molar refractivity (Wildman–Crippen MR) is 84.3 cm³/mol. The Morgan fingerprint density at radius 2 is 1.96 bits per heavy atom. The summed E-state index contributed by atoms with van der Waals surface area (Å²) in [5.41, 5.74) is 1.54. The summed E-state index contributed by atoms with van der Waals surface area (Å²) in [6, 6.07) is 9.88. The van der Waals surface area contributed by atoms with Crippen molar-refractivity contribution < 1.29 is 13.9 Å². The van der Waals surface area contributed by atoms with Crippen molar-refractivity contribution in [2.24, 2.45) is 0 Å². The van der Waals surface area contributed by atoms with Crippen molar-refractivity contribution in [1.82, 2.24) is 4.90 Å². The van der Waals surface area contributed by atoms with Gasteiger partial charge in [0.25, 0.3) is 5.91 Å². The Hall–Kier alpha value is -2.43. The smallest absolute Gasteiger partial charge is 0.259 e. The molecule has 0 bridgehead atoms. The van der Waals surface area contributed by atoms with Gasteiger partial charge in [0.05, 0.1) is 0 Å². The third-order valence-corrected chi connectivity index (χ3v) is 4.38. The Morgan fingerprint density at radius 3 is 2.70 bits per heavy atom. The SMILES string of the molecule is O=C(c1ccc[n+]([O-])c1)N1CCCC(c2ccc(F)cc2)CC1. The highest BCUT2D eigenvalue weighted by molar-refractivity contribution is 5.93. The molecule has 5 heteroatoms. The third kappa shape index (κ3) is 3.67. The van der Waals surface area contributed by atoms with Crippen LogP contribution in [-0.2, 0) is 0 Å². The van der Waals surface area contributed by atoms with Crippen molar-refractivity contribution in [3.63, 3.8) is 0 Å². The first-order chi connectivity index (χ1) is 11.1. The van der Waals surface area contributed by atoms with Crippen LogP contribution in [0.5, 0.6) is 0 Å². The number of hydrogen-bond acceptors (Lipinski definition) is 2. The van der Waals surface area contributed by atoms with Crippen molar-refractivity contribution in [1.29, 1.82) is 0 Å². The van der Waals surface area contributed by atoms with Gasteiger partial charge in [-0.25, -0.2) is 4.39 Å². The van der Waals surface area contributed by atoms with Crippen molar-refractivity contribution in [3.05, 3.63) is 70.9 Å². The average molecular weight is 314 g/mol. The topological polar surface area (TPSA) is 47.2 Å². The molecule has 120 valence electrons. The zero-order valence-corrected chi connectivity index (χ0v) is 12.8. The summed E-state index contributed by atoms with van der Waals surface area (Å²) in [7, 11) is 0. The lowest BCUT2D eigenvalue weighted by molar-refractivity contribution is -0.605. The Kier molecular flexibility index (Phi) is 4.55. The standard InChI is InChI=1S/C18H19FN2O2/c19-17-7-5-15(6-8-17)14-3-1-10-20(12-9-14)18(22)16-4-2-11-21(23)13-16/h2,4-8,11,13-14H,1,3,9-10,12H2. The predicted octanol–water partition coefficient (Wildman–Crippen LogP) is 2.87. The lowest BCUT2D eigenvalue weighted by Crippen LogP contribution is -2.34. The quantitative estimate of drug-likeness (QED) is 0.632. The van der Waals surface area contributed by atoms with Gasteiger partial charge in [0.2, 0.25) is 0 Å². The molecule has 1 fully saturated rings. The molecule has 0 spiro atoms. The number of nitrogens with zero attached hydrogens (tertiary/aromatic N) is 2. The Morgan fingerprint density at radius 1 is 1.17 bits per heavy atom. The molecule has 23 heavy (non-hydrogen) atoms. The highest BCUT2D eigenvalue weighted by atomic mass is 19.1. The number of halogens is 1. The fourth-order valence-corrected chi connectivity index (χ4v) is 3.13. The Labute approximate surface area is 134 Å². The fourth-order valence-electron chi connectivity index (χ4n) is 3.13. The molecule has 1 aromatic carbocycles. The molecule has 0 N–H and O–H groups in total. The molecule has 0 saturated carbocycles. The van der Waals surface area contributed by atoms with Gasteiger partial charge in [-0.3, -0.25) is 4.79 Å². The number of hydrogen-bond donors (Lipinski definition) is 0. The van der Waals surface area contributed by atoms with E-state index in [4.69, 9.17) is 0 Å². The largest absolute Gasteiger partial charge is 0.619 e. The van der Waals surface area contributed by atoms with E-state index >= 15 is 0 Å². The zero-order valence-electron chi connectivity index (χ0n) is 12.8. The van der Waals surface area contributed by atoms with Crippen LogP contribution in [0.4, 0.5) is 4.39 Å². The van der Waals surface area contributed by atoms with Gasteiger partial charge in [-0.15, -0.1) is 0 Å². The number of carbonyl (C=O) groups excluding carboxylic acids is 1. The van der Waals surface area contributed by atoms with Crippen molar-refractivity contribution >= 4 is 5.91 Å². The highest BCUT2D eigenvalue weighted by Crippen LogP contribution is 2.28. The third-order valence-electron chi connectivity index (χ3n) is 4.38. The van der Waals surface area contributed by atoms with E-state index in [-0.39, 0.29) is 11.7 Å². The molecule has 1 aromatic heterocycles. The van der Waals surface area contributed by atoms with Crippen LogP contribution in [0.25, 0.3) is 0 Å². The summed E-state index contributed by atoms with van der Waals surface area (Å²) >= 11 is 0. The van der Waals surface area contributed by atoms with Crippen LogP contribution in [0.1, 0.15) is 41.1 Å². The number of carbonyl (C=O) groups is 1. The minimum atomic E-state index is -0.228. The van der Waals surface area contributed by atoms with Gasteiger partial charge in [0, 0.05) is 19.2 Å². The maximum Gasteiger partial charge on any atom is 0.259 e. The Bertz CT molecular complexity index is 688. The van der Waals surface area contributed by atoms with Crippen molar-refractivity contribution in [2.75, 3.05) is 13.1 Å². The zero-order chi connectivity index (χ0) is 16.2. The first-order valence-corrected chi connectivity index (χ1v) is 7.87. The first-order valence-electron chi connectivity index (χ1n) is 7.87. The first kappa shape index (κ1) is 15.5. The van der Waals surface area contributed by atoms with Crippen LogP contribution in [0.3, 0.4) is 0 Å². The summed E-state index contributed by atoms with van der Waals surface area (Å²) < 4.78 is 13.7. The van der Waals surface area contributed by atoms with Gasteiger partial charge in [-0.1, -0.05) is 12.1 Å². The minimum absolute atomic E-state index is 0.102. The highest BCUT2D eigenvalue weighted by Gasteiger charge is 2.23. The van der Waals surface area contributed by atoms with Crippen molar-refractivity contribution in [3.8, 4) is 0 Å². The molecule has 1 amide bonds. The van der Waals surface area contributed by atoms with E-state index < -0.39 is 0 Å².